The number of carbonyl (C=O) groups is 1. The summed E-state index contributed by atoms with van der Waals surface area (Å²) in [5.74, 6) is 0.0685. The van der Waals surface area contributed by atoms with E-state index in [4.69, 9.17) is 0 Å². The van der Waals surface area contributed by atoms with E-state index >= 15 is 0 Å². The standard InChI is InChI=1S/C10H16O2/c1-3-4-8-6-5-7(2)9(11)10(8)12/h8,11H,3-6H2,1-2H3. The molecule has 0 bridgehead atoms. The molecule has 0 aromatic heterocycles. The summed E-state index contributed by atoms with van der Waals surface area (Å²) in [6.45, 7) is 3.89. The van der Waals surface area contributed by atoms with Gasteiger partial charge in [-0.25, -0.2) is 0 Å². The van der Waals surface area contributed by atoms with Crippen LogP contribution in [-0.4, -0.2) is 10.9 Å². The first-order valence-corrected chi connectivity index (χ1v) is 4.59. The van der Waals surface area contributed by atoms with Crippen LogP contribution in [0, 0.1) is 5.92 Å². The van der Waals surface area contributed by atoms with Crippen molar-refractivity contribution in [2.45, 2.75) is 39.5 Å². The van der Waals surface area contributed by atoms with E-state index in [0.29, 0.717) is 0 Å². The van der Waals surface area contributed by atoms with Crippen LogP contribution in [0.5, 0.6) is 0 Å². The molecule has 12 heavy (non-hydrogen) atoms. The number of rotatable bonds is 2. The van der Waals surface area contributed by atoms with Crippen molar-refractivity contribution >= 4 is 5.78 Å². The Morgan fingerprint density at radius 1 is 1.58 bits per heavy atom. The summed E-state index contributed by atoms with van der Waals surface area (Å²) in [7, 11) is 0. The first-order valence-electron chi connectivity index (χ1n) is 4.59. The summed E-state index contributed by atoms with van der Waals surface area (Å²) in [6, 6.07) is 0. The van der Waals surface area contributed by atoms with Gasteiger partial charge in [0.05, 0.1) is 0 Å². The average Bonchev–Trinajstić information content (AvgIpc) is 2.07. The molecule has 1 aliphatic carbocycles. The molecule has 1 unspecified atom stereocenters. The first kappa shape index (κ1) is 9.30. The second-order valence-corrected chi connectivity index (χ2v) is 3.52. The third kappa shape index (κ3) is 1.68. The van der Waals surface area contributed by atoms with Gasteiger partial charge >= 0.3 is 0 Å². The van der Waals surface area contributed by atoms with Crippen LogP contribution in [0.25, 0.3) is 0 Å². The third-order valence-corrected chi connectivity index (χ3v) is 2.51. The van der Waals surface area contributed by atoms with Crippen molar-refractivity contribution in [1.29, 1.82) is 0 Å². The van der Waals surface area contributed by atoms with Gasteiger partial charge in [0.2, 0.25) is 0 Å². The van der Waals surface area contributed by atoms with Crippen molar-refractivity contribution in [3.63, 3.8) is 0 Å². The summed E-state index contributed by atoms with van der Waals surface area (Å²) in [5.41, 5.74) is 0.854. The Morgan fingerprint density at radius 3 is 2.83 bits per heavy atom. The van der Waals surface area contributed by atoms with Gasteiger partial charge in [0.1, 0.15) is 0 Å². The minimum atomic E-state index is -0.0411. The highest BCUT2D eigenvalue weighted by atomic mass is 16.3. The molecule has 1 rings (SSSR count). The summed E-state index contributed by atoms with van der Waals surface area (Å²) in [4.78, 5) is 11.4. The zero-order chi connectivity index (χ0) is 9.14. The molecule has 0 fully saturated rings. The number of hydrogen-bond donors (Lipinski definition) is 1. The van der Waals surface area contributed by atoms with Crippen LogP contribution >= 0.6 is 0 Å². The zero-order valence-corrected chi connectivity index (χ0v) is 7.76. The highest BCUT2D eigenvalue weighted by Crippen LogP contribution is 2.27. The monoisotopic (exact) mass is 168 g/mol. The number of hydrogen-bond acceptors (Lipinski definition) is 2. The summed E-state index contributed by atoms with van der Waals surface area (Å²) < 4.78 is 0. The summed E-state index contributed by atoms with van der Waals surface area (Å²) in [5, 5.41) is 9.37. The lowest BCUT2D eigenvalue weighted by Gasteiger charge is -2.20. The predicted octanol–water partition coefficient (Wildman–Crippen LogP) is 2.60. The van der Waals surface area contributed by atoms with Crippen LogP contribution in [0.4, 0.5) is 0 Å². The van der Waals surface area contributed by atoms with Crippen molar-refractivity contribution in [2.24, 2.45) is 5.92 Å². The average molecular weight is 168 g/mol. The molecule has 0 aromatic carbocycles. The van der Waals surface area contributed by atoms with Crippen LogP contribution in [0.1, 0.15) is 39.5 Å². The van der Waals surface area contributed by atoms with E-state index in [1.165, 1.54) is 0 Å². The van der Waals surface area contributed by atoms with E-state index in [0.717, 1.165) is 31.3 Å². The fraction of sp³-hybridized carbons (Fsp3) is 0.700. The van der Waals surface area contributed by atoms with Gasteiger partial charge < -0.3 is 5.11 Å². The Bertz CT molecular complexity index is 216. The van der Waals surface area contributed by atoms with Crippen molar-refractivity contribution in [1.82, 2.24) is 0 Å². The van der Waals surface area contributed by atoms with E-state index in [9.17, 15) is 9.90 Å². The maximum atomic E-state index is 11.4. The Morgan fingerprint density at radius 2 is 2.25 bits per heavy atom. The molecule has 2 heteroatoms. The van der Waals surface area contributed by atoms with Gasteiger partial charge in [0.25, 0.3) is 0 Å². The molecule has 0 spiro atoms. The number of carbonyl (C=O) groups excluding carboxylic acids is 1. The zero-order valence-electron chi connectivity index (χ0n) is 7.76. The largest absolute Gasteiger partial charge is 0.504 e. The van der Waals surface area contributed by atoms with Gasteiger partial charge in [0, 0.05) is 5.92 Å². The molecule has 0 aromatic rings. The minimum Gasteiger partial charge on any atom is -0.504 e. The fourth-order valence-corrected chi connectivity index (χ4v) is 1.67. The Kier molecular flexibility index (Phi) is 2.90. The third-order valence-electron chi connectivity index (χ3n) is 2.51. The first-order chi connectivity index (χ1) is 5.66. The van der Waals surface area contributed by atoms with E-state index in [1.807, 2.05) is 6.92 Å². The van der Waals surface area contributed by atoms with Crippen molar-refractivity contribution < 1.29 is 9.90 Å². The number of ketones is 1. The number of aliphatic hydroxyl groups excluding tert-OH is 1. The topological polar surface area (TPSA) is 37.3 Å². The molecule has 0 radical (unpaired) electrons. The van der Waals surface area contributed by atoms with Crippen molar-refractivity contribution in [3.05, 3.63) is 11.3 Å². The Labute approximate surface area is 73.3 Å². The molecule has 0 heterocycles. The number of aliphatic hydroxyl groups is 1. The normalized spacial score (nSPS) is 24.8. The molecule has 1 N–H and O–H groups in total. The van der Waals surface area contributed by atoms with E-state index in [2.05, 4.69) is 6.92 Å². The second kappa shape index (κ2) is 3.74. The van der Waals surface area contributed by atoms with Crippen LogP contribution in [0.15, 0.2) is 11.3 Å². The summed E-state index contributed by atoms with van der Waals surface area (Å²) >= 11 is 0. The molecule has 0 amide bonds. The van der Waals surface area contributed by atoms with Crippen LogP contribution in [0.2, 0.25) is 0 Å². The Balaban J connectivity index is 2.70. The lowest BCUT2D eigenvalue weighted by atomic mass is 9.85. The molecular formula is C10H16O2. The molecule has 1 aliphatic rings. The van der Waals surface area contributed by atoms with Gasteiger partial charge in [-0.05, 0) is 31.8 Å². The van der Waals surface area contributed by atoms with Gasteiger partial charge in [-0.15, -0.1) is 0 Å². The maximum Gasteiger partial charge on any atom is 0.200 e. The van der Waals surface area contributed by atoms with Crippen molar-refractivity contribution in [2.75, 3.05) is 0 Å². The van der Waals surface area contributed by atoms with Gasteiger partial charge in [-0.2, -0.15) is 0 Å². The minimum absolute atomic E-state index is 0.0275. The maximum absolute atomic E-state index is 11.4. The SMILES string of the molecule is CCCC1CCC(C)=C(O)C1=O. The van der Waals surface area contributed by atoms with E-state index in [1.54, 1.807) is 0 Å². The second-order valence-electron chi connectivity index (χ2n) is 3.52. The molecule has 68 valence electrons. The van der Waals surface area contributed by atoms with Crippen LogP contribution in [-0.2, 0) is 4.79 Å². The lowest BCUT2D eigenvalue weighted by molar-refractivity contribution is -0.122. The molecule has 0 saturated heterocycles. The molecule has 1 atom stereocenters. The van der Waals surface area contributed by atoms with Crippen molar-refractivity contribution in [3.8, 4) is 0 Å². The van der Waals surface area contributed by atoms with E-state index < -0.39 is 0 Å². The molecule has 0 saturated carbocycles. The smallest absolute Gasteiger partial charge is 0.200 e. The number of Topliss-reactive ketones (excluding diaryl/α,β-unsaturated/α-hetero) is 1. The van der Waals surface area contributed by atoms with Gasteiger partial charge in [-0.1, -0.05) is 13.3 Å². The van der Waals surface area contributed by atoms with Gasteiger partial charge in [0.15, 0.2) is 11.5 Å². The van der Waals surface area contributed by atoms with Crippen LogP contribution < -0.4 is 0 Å². The molecular weight excluding hydrogens is 152 g/mol. The predicted molar refractivity (Wildman–Crippen MR) is 48.0 cm³/mol. The number of allylic oxidation sites excluding steroid dienone is 2. The van der Waals surface area contributed by atoms with Gasteiger partial charge in [-0.3, -0.25) is 4.79 Å². The Hall–Kier alpha value is -0.790. The fourth-order valence-electron chi connectivity index (χ4n) is 1.67. The van der Waals surface area contributed by atoms with Crippen LogP contribution in [0.3, 0.4) is 0 Å². The van der Waals surface area contributed by atoms with E-state index in [-0.39, 0.29) is 17.5 Å². The lowest BCUT2D eigenvalue weighted by Crippen LogP contribution is -2.21. The molecule has 0 aliphatic heterocycles. The molecule has 2 nitrogen and oxygen atoms in total. The highest BCUT2D eigenvalue weighted by molar-refractivity contribution is 5.96. The highest BCUT2D eigenvalue weighted by Gasteiger charge is 2.26. The quantitative estimate of drug-likeness (QED) is 0.688. The summed E-state index contributed by atoms with van der Waals surface area (Å²) in [6.07, 6.45) is 3.73.